The highest BCUT2D eigenvalue weighted by Gasteiger charge is 2.69. The van der Waals surface area contributed by atoms with Gasteiger partial charge in [-0.3, -0.25) is 0 Å². The molecular weight excluding hydrogens is 259 g/mol. The molecule has 3 aliphatic carbocycles. The second-order valence-corrected chi connectivity index (χ2v) is 5.60. The molecule has 19 heavy (non-hydrogen) atoms. The van der Waals surface area contributed by atoms with Crippen LogP contribution in [-0.4, -0.2) is 16.7 Å². The van der Waals surface area contributed by atoms with Crippen LogP contribution in [0, 0.1) is 0 Å². The lowest BCUT2D eigenvalue weighted by Crippen LogP contribution is -2.76. The largest absolute Gasteiger partial charge is 0.465 e. The number of hydrogen-bond donors (Lipinski definition) is 2. The number of halogens is 3. The van der Waals surface area contributed by atoms with Gasteiger partial charge in [-0.2, -0.15) is 13.2 Å². The van der Waals surface area contributed by atoms with Crippen LogP contribution in [0.25, 0.3) is 0 Å². The SMILES string of the molecule is O=C(O)NC12CC(c3cccc(C(F)(F)F)c3)(C1)C2. The van der Waals surface area contributed by atoms with Crippen molar-refractivity contribution >= 4 is 6.09 Å². The van der Waals surface area contributed by atoms with Crippen molar-refractivity contribution < 1.29 is 23.1 Å². The molecule has 0 heterocycles. The summed E-state index contributed by atoms with van der Waals surface area (Å²) in [5.41, 5.74) is -0.643. The topological polar surface area (TPSA) is 49.3 Å². The third-order valence-corrected chi connectivity index (χ3v) is 4.20. The summed E-state index contributed by atoms with van der Waals surface area (Å²) < 4.78 is 37.9. The van der Waals surface area contributed by atoms with E-state index in [-0.39, 0.29) is 5.41 Å². The fourth-order valence-corrected chi connectivity index (χ4v) is 3.48. The van der Waals surface area contributed by atoms with Crippen LogP contribution < -0.4 is 5.32 Å². The number of carbonyl (C=O) groups is 1. The van der Waals surface area contributed by atoms with Crippen molar-refractivity contribution in [1.29, 1.82) is 0 Å². The average molecular weight is 271 g/mol. The van der Waals surface area contributed by atoms with E-state index in [4.69, 9.17) is 5.11 Å². The lowest BCUT2D eigenvalue weighted by molar-refractivity contribution is -0.138. The minimum atomic E-state index is -4.34. The van der Waals surface area contributed by atoms with E-state index < -0.39 is 23.4 Å². The molecule has 3 fully saturated rings. The molecule has 0 radical (unpaired) electrons. The number of rotatable bonds is 2. The number of carboxylic acid groups (broad SMARTS) is 1. The Kier molecular flexibility index (Phi) is 2.23. The third kappa shape index (κ3) is 1.77. The predicted octanol–water partition coefficient (Wildman–Crippen LogP) is 3.15. The molecule has 0 unspecified atom stereocenters. The smallest absolute Gasteiger partial charge is 0.416 e. The van der Waals surface area contributed by atoms with Crippen molar-refractivity contribution in [3.8, 4) is 0 Å². The summed E-state index contributed by atoms with van der Waals surface area (Å²) >= 11 is 0. The van der Waals surface area contributed by atoms with Gasteiger partial charge in [-0.15, -0.1) is 0 Å². The van der Waals surface area contributed by atoms with E-state index in [0.717, 1.165) is 6.07 Å². The van der Waals surface area contributed by atoms with Gasteiger partial charge in [-0.25, -0.2) is 4.79 Å². The van der Waals surface area contributed by atoms with E-state index in [9.17, 15) is 18.0 Å². The highest BCUT2D eigenvalue weighted by Crippen LogP contribution is 2.67. The molecule has 2 bridgehead atoms. The summed E-state index contributed by atoms with van der Waals surface area (Å²) in [6.45, 7) is 0. The van der Waals surface area contributed by atoms with Gasteiger partial charge in [-0.05, 0) is 30.9 Å². The summed E-state index contributed by atoms with van der Waals surface area (Å²) in [5.74, 6) is 0. The maximum Gasteiger partial charge on any atom is 0.416 e. The molecule has 3 aliphatic rings. The number of amides is 1. The second-order valence-electron chi connectivity index (χ2n) is 5.60. The maximum absolute atomic E-state index is 12.6. The zero-order valence-electron chi connectivity index (χ0n) is 9.92. The molecule has 0 saturated heterocycles. The van der Waals surface area contributed by atoms with Gasteiger partial charge in [0.05, 0.1) is 5.56 Å². The molecule has 1 aromatic rings. The first-order valence-corrected chi connectivity index (χ1v) is 5.94. The molecule has 2 N–H and O–H groups in total. The van der Waals surface area contributed by atoms with E-state index in [1.807, 2.05) is 0 Å². The first kappa shape index (κ1) is 12.3. The Balaban J connectivity index is 1.79. The maximum atomic E-state index is 12.6. The van der Waals surface area contributed by atoms with Gasteiger partial charge >= 0.3 is 12.3 Å². The molecule has 3 nitrogen and oxygen atoms in total. The third-order valence-electron chi connectivity index (χ3n) is 4.20. The Morgan fingerprint density at radius 3 is 2.42 bits per heavy atom. The summed E-state index contributed by atoms with van der Waals surface area (Å²) in [4.78, 5) is 10.6. The molecule has 102 valence electrons. The van der Waals surface area contributed by atoms with Crippen LogP contribution in [0.1, 0.15) is 30.4 Å². The van der Waals surface area contributed by atoms with Crippen LogP contribution in [0.15, 0.2) is 24.3 Å². The molecular formula is C13H12F3NO2. The molecule has 0 aliphatic heterocycles. The van der Waals surface area contributed by atoms with Gasteiger partial charge < -0.3 is 10.4 Å². The van der Waals surface area contributed by atoms with E-state index in [1.165, 1.54) is 12.1 Å². The fourth-order valence-electron chi connectivity index (χ4n) is 3.48. The van der Waals surface area contributed by atoms with Crippen molar-refractivity contribution in [1.82, 2.24) is 5.32 Å². The van der Waals surface area contributed by atoms with Crippen molar-refractivity contribution in [2.24, 2.45) is 0 Å². The Bertz CT molecular complexity index is 533. The van der Waals surface area contributed by atoms with Gasteiger partial charge in [0.25, 0.3) is 0 Å². The van der Waals surface area contributed by atoms with Crippen molar-refractivity contribution in [2.45, 2.75) is 36.4 Å². The van der Waals surface area contributed by atoms with E-state index >= 15 is 0 Å². The van der Waals surface area contributed by atoms with Crippen LogP contribution in [0.5, 0.6) is 0 Å². The number of hydrogen-bond acceptors (Lipinski definition) is 1. The number of benzene rings is 1. The Hall–Kier alpha value is -1.72. The molecule has 6 heteroatoms. The monoisotopic (exact) mass is 271 g/mol. The first-order chi connectivity index (χ1) is 8.75. The van der Waals surface area contributed by atoms with Crippen LogP contribution in [0.3, 0.4) is 0 Å². The van der Waals surface area contributed by atoms with Crippen LogP contribution in [0.2, 0.25) is 0 Å². The normalized spacial score (nSPS) is 32.2. The first-order valence-electron chi connectivity index (χ1n) is 5.94. The Morgan fingerprint density at radius 1 is 1.26 bits per heavy atom. The highest BCUT2D eigenvalue weighted by molar-refractivity contribution is 5.67. The summed E-state index contributed by atoms with van der Waals surface area (Å²) in [5, 5.41) is 11.1. The zero-order valence-corrected chi connectivity index (χ0v) is 9.92. The summed E-state index contributed by atoms with van der Waals surface area (Å²) in [6, 6.07) is 5.35. The van der Waals surface area contributed by atoms with E-state index in [2.05, 4.69) is 5.32 Å². The second kappa shape index (κ2) is 3.43. The molecule has 0 spiro atoms. The van der Waals surface area contributed by atoms with Crippen LogP contribution in [0.4, 0.5) is 18.0 Å². The molecule has 0 atom stereocenters. The van der Waals surface area contributed by atoms with Gasteiger partial charge in [-0.1, -0.05) is 18.2 Å². The van der Waals surface area contributed by atoms with Gasteiger partial charge in [0.2, 0.25) is 0 Å². The number of nitrogens with one attached hydrogen (secondary N) is 1. The summed E-state index contributed by atoms with van der Waals surface area (Å²) in [7, 11) is 0. The molecule has 1 amide bonds. The average Bonchev–Trinajstić information content (AvgIpc) is 2.20. The lowest BCUT2D eigenvalue weighted by Gasteiger charge is -2.70. The molecule has 3 saturated carbocycles. The standard InChI is InChI=1S/C13H12F3NO2/c14-13(15,16)9-3-1-2-8(4-9)11-5-12(6-11,7-11)17-10(18)19/h1-4,17H,5-7H2,(H,18,19). The van der Waals surface area contributed by atoms with Crippen molar-refractivity contribution in [3.05, 3.63) is 35.4 Å². The van der Waals surface area contributed by atoms with Gasteiger partial charge in [0.1, 0.15) is 0 Å². The minimum Gasteiger partial charge on any atom is -0.465 e. The van der Waals surface area contributed by atoms with Gasteiger partial charge in [0, 0.05) is 11.0 Å². The zero-order chi connectivity index (χ0) is 13.9. The minimum absolute atomic E-state index is 0.260. The van der Waals surface area contributed by atoms with E-state index in [1.54, 1.807) is 6.07 Å². The summed E-state index contributed by atoms with van der Waals surface area (Å²) in [6.07, 6.45) is -3.64. The fraction of sp³-hybridized carbons (Fsp3) is 0.462. The van der Waals surface area contributed by atoms with Crippen molar-refractivity contribution in [3.63, 3.8) is 0 Å². The van der Waals surface area contributed by atoms with Crippen LogP contribution >= 0.6 is 0 Å². The molecule has 4 rings (SSSR count). The van der Waals surface area contributed by atoms with Gasteiger partial charge in [0.15, 0.2) is 0 Å². The van der Waals surface area contributed by atoms with Crippen molar-refractivity contribution in [2.75, 3.05) is 0 Å². The van der Waals surface area contributed by atoms with E-state index in [0.29, 0.717) is 24.8 Å². The lowest BCUT2D eigenvalue weighted by atomic mass is 9.37. The van der Waals surface area contributed by atoms with Crippen LogP contribution in [-0.2, 0) is 11.6 Å². The highest BCUT2D eigenvalue weighted by atomic mass is 19.4. The Labute approximate surface area is 107 Å². The number of alkyl halides is 3. The quantitative estimate of drug-likeness (QED) is 0.868. The Morgan fingerprint density at radius 2 is 1.89 bits per heavy atom. The molecule has 1 aromatic carbocycles. The predicted molar refractivity (Wildman–Crippen MR) is 60.9 cm³/mol. The molecule has 0 aromatic heterocycles.